The van der Waals surface area contributed by atoms with E-state index in [-0.39, 0.29) is 0 Å². The summed E-state index contributed by atoms with van der Waals surface area (Å²) in [6, 6.07) is 2.66. The maximum atomic E-state index is 5.72. The van der Waals surface area contributed by atoms with Gasteiger partial charge in [-0.2, -0.15) is 0 Å². The van der Waals surface area contributed by atoms with E-state index in [4.69, 9.17) is 5.73 Å². The average molecular weight is 246 g/mol. The smallest absolute Gasteiger partial charge is 0.226 e. The predicted octanol–water partition coefficient (Wildman–Crippen LogP) is 2.01. The van der Waals surface area contributed by atoms with Crippen molar-refractivity contribution in [2.24, 2.45) is 11.7 Å². The van der Waals surface area contributed by atoms with Gasteiger partial charge in [0.1, 0.15) is 0 Å². The molecular weight excluding hydrogens is 224 g/mol. The molecule has 18 heavy (non-hydrogen) atoms. The van der Waals surface area contributed by atoms with E-state index in [2.05, 4.69) is 14.9 Å². The Morgan fingerprint density at radius 2 is 2.11 bits per heavy atom. The highest BCUT2D eigenvalue weighted by Crippen LogP contribution is 2.38. The van der Waals surface area contributed by atoms with Crippen LogP contribution in [0.2, 0.25) is 0 Å². The van der Waals surface area contributed by atoms with E-state index >= 15 is 0 Å². The zero-order valence-electron chi connectivity index (χ0n) is 11.1. The van der Waals surface area contributed by atoms with Gasteiger partial charge in [0.05, 0.1) is 5.69 Å². The van der Waals surface area contributed by atoms with Crippen molar-refractivity contribution < 1.29 is 0 Å². The van der Waals surface area contributed by atoms with Crippen LogP contribution in [0.25, 0.3) is 0 Å². The third-order valence-corrected chi connectivity index (χ3v) is 4.35. The molecule has 3 rings (SSSR count). The first kappa shape index (κ1) is 11.9. The zero-order valence-corrected chi connectivity index (χ0v) is 11.1. The maximum Gasteiger partial charge on any atom is 0.226 e. The second-order valence-corrected chi connectivity index (χ2v) is 5.60. The third-order valence-electron chi connectivity index (χ3n) is 4.35. The summed E-state index contributed by atoms with van der Waals surface area (Å²) in [5.74, 6) is 1.77. The molecule has 2 N–H and O–H groups in total. The fraction of sp³-hybridized carbons (Fsp3) is 0.714. The van der Waals surface area contributed by atoms with Crippen LogP contribution in [-0.2, 0) is 6.54 Å². The minimum Gasteiger partial charge on any atom is -0.338 e. The highest BCUT2D eigenvalue weighted by Gasteiger charge is 2.36. The largest absolute Gasteiger partial charge is 0.338 e. The SMILES string of the molecule is Cc1cc(CN)nc(N2CCCC3CCCC32)n1. The second-order valence-electron chi connectivity index (χ2n) is 5.60. The van der Waals surface area contributed by atoms with Crippen LogP contribution in [0.15, 0.2) is 6.07 Å². The van der Waals surface area contributed by atoms with Crippen LogP contribution in [0, 0.1) is 12.8 Å². The molecule has 1 aromatic rings. The average Bonchev–Trinajstić information content (AvgIpc) is 2.85. The highest BCUT2D eigenvalue weighted by molar-refractivity contribution is 5.35. The van der Waals surface area contributed by atoms with Crippen LogP contribution in [0.3, 0.4) is 0 Å². The van der Waals surface area contributed by atoms with Crippen molar-refractivity contribution in [3.05, 3.63) is 17.5 Å². The number of hydrogen-bond acceptors (Lipinski definition) is 4. The van der Waals surface area contributed by atoms with Gasteiger partial charge in [0.2, 0.25) is 5.95 Å². The van der Waals surface area contributed by atoms with Gasteiger partial charge >= 0.3 is 0 Å². The number of aromatic nitrogens is 2. The van der Waals surface area contributed by atoms with Crippen LogP contribution in [-0.4, -0.2) is 22.6 Å². The summed E-state index contributed by atoms with van der Waals surface area (Å²) in [6.07, 6.45) is 6.71. The Hall–Kier alpha value is -1.16. The van der Waals surface area contributed by atoms with Crippen LogP contribution in [0.5, 0.6) is 0 Å². The molecule has 2 aliphatic rings. The first-order valence-electron chi connectivity index (χ1n) is 7.09. The zero-order chi connectivity index (χ0) is 12.5. The molecule has 2 fully saturated rings. The monoisotopic (exact) mass is 246 g/mol. The van der Waals surface area contributed by atoms with E-state index in [1.807, 2.05) is 13.0 Å². The predicted molar refractivity (Wildman–Crippen MR) is 72.4 cm³/mol. The lowest BCUT2D eigenvalue weighted by atomic mass is 9.92. The number of aryl methyl sites for hydroxylation is 1. The molecule has 1 aromatic heterocycles. The lowest BCUT2D eigenvalue weighted by Crippen LogP contribution is -2.43. The van der Waals surface area contributed by atoms with Gasteiger partial charge < -0.3 is 10.6 Å². The number of nitrogens with two attached hydrogens (primary N) is 1. The molecule has 1 aliphatic heterocycles. The lowest BCUT2D eigenvalue weighted by Gasteiger charge is -2.38. The van der Waals surface area contributed by atoms with E-state index < -0.39 is 0 Å². The molecule has 4 heteroatoms. The molecule has 2 heterocycles. The Morgan fingerprint density at radius 3 is 2.94 bits per heavy atom. The van der Waals surface area contributed by atoms with E-state index in [1.54, 1.807) is 0 Å². The summed E-state index contributed by atoms with van der Waals surface area (Å²) in [4.78, 5) is 11.7. The Morgan fingerprint density at radius 1 is 1.28 bits per heavy atom. The molecule has 2 atom stereocenters. The van der Waals surface area contributed by atoms with Gasteiger partial charge in [0, 0.05) is 24.8 Å². The summed E-state index contributed by atoms with van der Waals surface area (Å²) in [5, 5.41) is 0. The van der Waals surface area contributed by atoms with Crippen molar-refractivity contribution in [1.82, 2.24) is 9.97 Å². The standard InChI is InChI=1S/C14H22N4/c1-10-8-12(9-15)17-14(16-10)18-7-3-5-11-4-2-6-13(11)18/h8,11,13H,2-7,9,15H2,1H3. The molecule has 4 nitrogen and oxygen atoms in total. The van der Waals surface area contributed by atoms with Crippen molar-refractivity contribution in [1.29, 1.82) is 0 Å². The first-order chi connectivity index (χ1) is 8.78. The van der Waals surface area contributed by atoms with Crippen LogP contribution < -0.4 is 10.6 Å². The number of piperidine rings is 1. The van der Waals surface area contributed by atoms with E-state index in [0.29, 0.717) is 12.6 Å². The Balaban J connectivity index is 1.90. The van der Waals surface area contributed by atoms with Gasteiger partial charge in [-0.1, -0.05) is 6.42 Å². The summed E-state index contributed by atoms with van der Waals surface area (Å²) in [6.45, 7) is 3.63. The molecular formula is C14H22N4. The number of rotatable bonds is 2. The molecule has 2 unspecified atom stereocenters. The van der Waals surface area contributed by atoms with Crippen molar-refractivity contribution in [3.8, 4) is 0 Å². The second kappa shape index (κ2) is 4.84. The Kier molecular flexibility index (Phi) is 3.20. The Labute approximate surface area is 109 Å². The third kappa shape index (κ3) is 2.09. The molecule has 1 saturated carbocycles. The van der Waals surface area contributed by atoms with Crippen LogP contribution in [0.1, 0.15) is 43.5 Å². The maximum absolute atomic E-state index is 5.72. The van der Waals surface area contributed by atoms with Gasteiger partial charge in [-0.05, 0) is 44.6 Å². The molecule has 1 aliphatic carbocycles. The van der Waals surface area contributed by atoms with Crippen molar-refractivity contribution in [3.63, 3.8) is 0 Å². The first-order valence-corrected chi connectivity index (χ1v) is 7.09. The minimum absolute atomic E-state index is 0.498. The van der Waals surface area contributed by atoms with E-state index in [1.165, 1.54) is 32.1 Å². The topological polar surface area (TPSA) is 55.0 Å². The van der Waals surface area contributed by atoms with Crippen molar-refractivity contribution >= 4 is 5.95 Å². The van der Waals surface area contributed by atoms with Gasteiger partial charge in [0.25, 0.3) is 0 Å². The normalized spacial score (nSPS) is 27.3. The summed E-state index contributed by atoms with van der Waals surface area (Å²) >= 11 is 0. The molecule has 0 spiro atoms. The van der Waals surface area contributed by atoms with E-state index in [0.717, 1.165) is 29.8 Å². The van der Waals surface area contributed by atoms with Crippen LogP contribution >= 0.6 is 0 Å². The van der Waals surface area contributed by atoms with Crippen molar-refractivity contribution in [2.45, 2.75) is 51.6 Å². The van der Waals surface area contributed by atoms with Crippen LogP contribution in [0.4, 0.5) is 5.95 Å². The number of hydrogen-bond donors (Lipinski definition) is 1. The number of nitrogens with zero attached hydrogens (tertiary/aromatic N) is 3. The van der Waals surface area contributed by atoms with Gasteiger partial charge in [-0.25, -0.2) is 9.97 Å². The summed E-state index contributed by atoms with van der Waals surface area (Å²) in [5.41, 5.74) is 7.70. The molecule has 0 bridgehead atoms. The quantitative estimate of drug-likeness (QED) is 0.867. The van der Waals surface area contributed by atoms with Gasteiger partial charge in [-0.15, -0.1) is 0 Å². The van der Waals surface area contributed by atoms with Gasteiger partial charge in [0.15, 0.2) is 0 Å². The molecule has 0 amide bonds. The van der Waals surface area contributed by atoms with Gasteiger partial charge in [-0.3, -0.25) is 0 Å². The Bertz CT molecular complexity index is 432. The fourth-order valence-electron chi connectivity index (χ4n) is 3.55. The number of anilines is 1. The number of fused-ring (bicyclic) bond motifs is 1. The fourth-order valence-corrected chi connectivity index (χ4v) is 3.55. The highest BCUT2D eigenvalue weighted by atomic mass is 15.3. The van der Waals surface area contributed by atoms with Crippen molar-refractivity contribution in [2.75, 3.05) is 11.4 Å². The molecule has 0 radical (unpaired) electrons. The summed E-state index contributed by atoms with van der Waals surface area (Å²) in [7, 11) is 0. The molecule has 0 aromatic carbocycles. The minimum atomic E-state index is 0.498. The molecule has 1 saturated heterocycles. The lowest BCUT2D eigenvalue weighted by molar-refractivity contribution is 0.358. The van der Waals surface area contributed by atoms with E-state index in [9.17, 15) is 0 Å². The molecule has 98 valence electrons. The summed E-state index contributed by atoms with van der Waals surface area (Å²) < 4.78 is 0.